The molecule has 2 aliphatic heterocycles. The molecule has 0 fully saturated rings. The van der Waals surface area contributed by atoms with Crippen LogP contribution in [0.15, 0.2) is 72.1 Å². The molecule has 4 atom stereocenters. The Labute approximate surface area is 432 Å². The van der Waals surface area contributed by atoms with E-state index in [2.05, 4.69) is 54.5 Å². The fraction of sp³-hybridized carbons (Fsp3) is 0.460. The summed E-state index contributed by atoms with van der Waals surface area (Å²) in [4.78, 5) is 122. The zero-order valence-electron chi connectivity index (χ0n) is 41.8. The Morgan fingerprint density at radius 2 is 1.12 bits per heavy atom. The number of halogens is 2. The average molecular weight is 1060 g/mol. The first-order valence-corrected chi connectivity index (χ1v) is 25.2. The van der Waals surface area contributed by atoms with Gasteiger partial charge in [-0.3, -0.25) is 33.6 Å². The molecule has 4 bridgehead atoms. The minimum atomic E-state index is -1.09. The number of nitrogens with zero attached hydrogens (tertiary/aromatic N) is 2. The van der Waals surface area contributed by atoms with Crippen LogP contribution in [0, 0.1) is 23.5 Å². The number of fused-ring (bicyclic) bond motifs is 4. The van der Waals surface area contributed by atoms with Crippen molar-refractivity contribution in [1.82, 2.24) is 41.9 Å². The molecule has 0 unspecified atom stereocenters. The Morgan fingerprint density at radius 3 is 1.51 bits per heavy atom. The molecule has 2 aromatic rings. The van der Waals surface area contributed by atoms with Crippen LogP contribution in [0.2, 0.25) is 0 Å². The van der Waals surface area contributed by atoms with E-state index in [1.807, 2.05) is 6.92 Å². The summed E-state index contributed by atoms with van der Waals surface area (Å²) in [5.74, 6) is -6.67. The third-order valence-corrected chi connectivity index (χ3v) is 11.6. The van der Waals surface area contributed by atoms with Crippen molar-refractivity contribution >= 4 is 76.9 Å². The van der Waals surface area contributed by atoms with Crippen molar-refractivity contribution in [1.29, 1.82) is 0 Å². The Bertz CT molecular complexity index is 2470. The Hall–Kier alpha value is -6.75. The minimum Gasteiger partial charge on any atom is -0.456 e. The molecule has 23 heteroatoms. The normalized spacial score (nSPS) is 21.2. The third-order valence-electron chi connectivity index (χ3n) is 10.4. The maximum Gasteiger partial charge on any atom is 0.329 e. The number of carbonyl (C=O) groups is 9. The molecular formula is C50H64F2N8O11S2. The lowest BCUT2D eigenvalue weighted by Crippen LogP contribution is -2.48. The number of pyridine rings is 2. The van der Waals surface area contributed by atoms with E-state index in [0.29, 0.717) is 30.8 Å². The number of carbonyl (C=O) groups excluding carboxylic acids is 9. The zero-order chi connectivity index (χ0) is 54.2. The highest BCUT2D eigenvalue weighted by Crippen LogP contribution is 2.16. The second-order valence-corrected chi connectivity index (χ2v) is 18.7. The molecule has 0 radical (unpaired) electrons. The number of hydrogen-bond donors (Lipinski definition) is 7. The first kappa shape index (κ1) is 60.6. The van der Waals surface area contributed by atoms with Gasteiger partial charge in [0.25, 0.3) is 23.6 Å². The van der Waals surface area contributed by atoms with E-state index in [9.17, 15) is 51.9 Å². The fourth-order valence-corrected chi connectivity index (χ4v) is 7.54. The Kier molecular flexibility index (Phi) is 25.7. The molecule has 0 saturated carbocycles. The predicted molar refractivity (Wildman–Crippen MR) is 271 cm³/mol. The summed E-state index contributed by atoms with van der Waals surface area (Å²) >= 11 is 5.35. The molecule has 6 N–H and O–H groups in total. The Balaban J connectivity index is 0.000000389. The number of esters is 2. The van der Waals surface area contributed by atoms with Crippen molar-refractivity contribution in [3.63, 3.8) is 0 Å². The van der Waals surface area contributed by atoms with E-state index in [0.717, 1.165) is 30.7 Å². The lowest BCUT2D eigenvalue weighted by Gasteiger charge is -2.24. The van der Waals surface area contributed by atoms with Gasteiger partial charge in [0.15, 0.2) is 5.12 Å². The van der Waals surface area contributed by atoms with Crippen molar-refractivity contribution in [3.05, 3.63) is 107 Å². The molecule has 396 valence electrons. The smallest absolute Gasteiger partial charge is 0.329 e. The van der Waals surface area contributed by atoms with Crippen LogP contribution in [-0.2, 0) is 56.1 Å². The average Bonchev–Trinajstić information content (AvgIpc) is 3.33. The summed E-state index contributed by atoms with van der Waals surface area (Å²) in [7, 11) is 0. The van der Waals surface area contributed by atoms with Gasteiger partial charge in [0.05, 0.1) is 37.3 Å². The van der Waals surface area contributed by atoms with Crippen LogP contribution in [0.5, 0.6) is 0 Å². The van der Waals surface area contributed by atoms with Gasteiger partial charge in [-0.1, -0.05) is 70.7 Å². The van der Waals surface area contributed by atoms with Crippen molar-refractivity contribution in [2.24, 2.45) is 11.8 Å². The molecule has 73 heavy (non-hydrogen) atoms. The molecule has 0 aliphatic carbocycles. The molecule has 0 spiro atoms. The monoisotopic (exact) mass is 1050 g/mol. The number of hydrogen-bond acceptors (Lipinski definition) is 15. The van der Waals surface area contributed by atoms with Crippen molar-refractivity contribution in [2.45, 2.75) is 124 Å². The highest BCUT2D eigenvalue weighted by atomic mass is 32.2. The summed E-state index contributed by atoms with van der Waals surface area (Å²) < 4.78 is 39.4. The molecule has 4 heterocycles. The van der Waals surface area contributed by atoms with Gasteiger partial charge >= 0.3 is 11.9 Å². The second-order valence-electron chi connectivity index (χ2n) is 17.1. The highest BCUT2D eigenvalue weighted by Gasteiger charge is 2.32. The fourth-order valence-electron chi connectivity index (χ4n) is 6.56. The van der Waals surface area contributed by atoms with E-state index < -0.39 is 83.3 Å². The van der Waals surface area contributed by atoms with Crippen LogP contribution in [0.3, 0.4) is 0 Å². The van der Waals surface area contributed by atoms with Crippen LogP contribution >= 0.6 is 24.4 Å². The topological polar surface area (TPSA) is 270 Å². The van der Waals surface area contributed by atoms with E-state index >= 15 is 0 Å². The number of amides is 6. The number of allylic oxidation sites excluding steroid dienone is 4. The summed E-state index contributed by atoms with van der Waals surface area (Å²) in [6, 6.07) is 1.86. The maximum absolute atomic E-state index is 14.2. The molecule has 0 saturated heterocycles. The third kappa shape index (κ3) is 21.1. The zero-order valence-corrected chi connectivity index (χ0v) is 43.5. The van der Waals surface area contributed by atoms with Crippen LogP contribution in [0.4, 0.5) is 8.78 Å². The quantitative estimate of drug-likeness (QED) is 0.0527. The number of cyclic esters (lactones) is 2. The molecule has 6 amide bonds. The SMILES string of the molecule is C/C=C1\NC(=O)c2cc(F)cc(n2)CNC(=O)C[C@@H](/C=C/CCS)OC(=O)[C@H](C(C)C)NC1=O.C/C=C1\NC(=O)c2cc(F)cc(n2)CNC(=O)C[C@@H](/C=C/CCSC(=O)CCC)OC(=O)[C@H](C(C)C)NC1=O. The van der Waals surface area contributed by atoms with Crippen LogP contribution < -0.4 is 31.9 Å². The standard InChI is InChI=1S/C27H35FN4O6S.C23H29FN4O5S/c1-5-9-23(34)39-11-8-7-10-19-14-22(33)29-15-18-12-17(28)13-21(30-18)26(36)31-20(6-2)25(35)32-24(16(3)4)27(37)38-19;1-4-17-21(30)28-20(13(2)3)23(32)33-16(7-5-6-8-34)11-19(29)25-12-15-9-14(24)10-18(26-15)22(31)27-17/h6-7,10,12-13,16,19,24H,5,8-9,11,14-15H2,1-4H3,(H,29,33)(H,31,36)(H,32,35);4-5,7,9-10,13,16,20,34H,6,8,11-12H2,1-3H3,(H,25,29)(H,27,31)(H,28,30)/b10-7+,20-6-;7-5+,17-4-/t19-,24+;16-,20+/m11/s1. The molecule has 19 nitrogen and oxygen atoms in total. The minimum absolute atomic E-state index is 0.0878. The largest absolute Gasteiger partial charge is 0.456 e. The number of ether oxygens (including phenoxy) is 2. The lowest BCUT2D eigenvalue weighted by atomic mass is 10.0. The van der Waals surface area contributed by atoms with E-state index in [4.69, 9.17) is 9.47 Å². The van der Waals surface area contributed by atoms with Gasteiger partial charge in [0.1, 0.15) is 58.7 Å². The summed E-state index contributed by atoms with van der Waals surface area (Å²) in [6.45, 7) is 11.5. The predicted octanol–water partition coefficient (Wildman–Crippen LogP) is 4.74. The first-order chi connectivity index (χ1) is 34.7. The molecule has 2 aliphatic rings. The maximum atomic E-state index is 14.2. The summed E-state index contributed by atoms with van der Waals surface area (Å²) in [5, 5.41) is 15.2. The van der Waals surface area contributed by atoms with E-state index in [-0.39, 0.29) is 77.1 Å². The van der Waals surface area contributed by atoms with Crippen LogP contribution in [-0.4, -0.2) is 98.3 Å². The van der Waals surface area contributed by atoms with Crippen LogP contribution in [0.1, 0.15) is 119 Å². The van der Waals surface area contributed by atoms with Crippen LogP contribution in [0.25, 0.3) is 0 Å². The van der Waals surface area contributed by atoms with Gasteiger partial charge in [-0.15, -0.1) is 0 Å². The Morgan fingerprint density at radius 1 is 0.699 bits per heavy atom. The van der Waals surface area contributed by atoms with Crippen molar-refractivity contribution in [3.8, 4) is 0 Å². The molecule has 4 rings (SSSR count). The molecule has 0 aromatic carbocycles. The number of nitrogens with one attached hydrogen (secondary N) is 6. The van der Waals surface area contributed by atoms with Crippen molar-refractivity contribution in [2.75, 3.05) is 11.5 Å². The van der Waals surface area contributed by atoms with Gasteiger partial charge < -0.3 is 41.4 Å². The van der Waals surface area contributed by atoms with Gasteiger partial charge in [-0.05, 0) is 75.0 Å². The number of aromatic nitrogens is 2. The van der Waals surface area contributed by atoms with Gasteiger partial charge in [-0.25, -0.2) is 28.3 Å². The van der Waals surface area contributed by atoms with Crippen molar-refractivity contribution < 1.29 is 61.4 Å². The molecular weight excluding hydrogens is 991 g/mol. The van der Waals surface area contributed by atoms with Gasteiger partial charge in [-0.2, -0.15) is 12.6 Å². The lowest BCUT2D eigenvalue weighted by molar-refractivity contribution is -0.153. The van der Waals surface area contributed by atoms with E-state index in [1.54, 1.807) is 52.0 Å². The van der Waals surface area contributed by atoms with Gasteiger partial charge in [0, 0.05) is 24.3 Å². The molecule has 2 aromatic heterocycles. The number of rotatable bonds is 11. The van der Waals surface area contributed by atoms with Gasteiger partial charge in [0.2, 0.25) is 11.8 Å². The van der Waals surface area contributed by atoms with E-state index in [1.165, 1.54) is 37.8 Å². The number of thioether (sulfide) groups is 1. The first-order valence-electron chi connectivity index (χ1n) is 23.6. The summed E-state index contributed by atoms with van der Waals surface area (Å²) in [5.41, 5.74) is -0.647. The summed E-state index contributed by atoms with van der Waals surface area (Å²) in [6.07, 6.45) is 9.41. The number of thiol groups is 1. The second kappa shape index (κ2) is 31.0. The highest BCUT2D eigenvalue weighted by molar-refractivity contribution is 8.13.